The lowest BCUT2D eigenvalue weighted by molar-refractivity contribution is -0.119. The lowest BCUT2D eigenvalue weighted by Crippen LogP contribution is -2.36. The lowest BCUT2D eigenvalue weighted by Gasteiger charge is -2.12. The minimum absolute atomic E-state index is 0.0301. The van der Waals surface area contributed by atoms with E-state index in [1.807, 2.05) is 0 Å². The van der Waals surface area contributed by atoms with E-state index < -0.39 is 0 Å². The maximum absolute atomic E-state index is 11.5. The Hall–Kier alpha value is -1.63. The Bertz CT molecular complexity index is 374. The Labute approximate surface area is 93.0 Å². The van der Waals surface area contributed by atoms with Crippen molar-refractivity contribution in [2.24, 2.45) is 5.73 Å². The fourth-order valence-electron chi connectivity index (χ4n) is 1.27. The summed E-state index contributed by atoms with van der Waals surface area (Å²) in [6, 6.07) is 0.676. The van der Waals surface area contributed by atoms with Gasteiger partial charge in [0.05, 0.1) is 6.54 Å². The number of hydrogen-bond acceptors (Lipinski definition) is 6. The number of aromatic nitrogens is 2. The van der Waals surface area contributed by atoms with Gasteiger partial charge in [0, 0.05) is 13.1 Å². The molecule has 0 radical (unpaired) electrons. The minimum Gasteiger partial charge on any atom is -0.407 e. The fourth-order valence-corrected chi connectivity index (χ4v) is 1.27. The zero-order chi connectivity index (χ0) is 11.5. The molecule has 1 amide bonds. The van der Waals surface area contributed by atoms with Gasteiger partial charge in [0.2, 0.25) is 11.8 Å². The van der Waals surface area contributed by atoms with Crippen LogP contribution in [0.2, 0.25) is 0 Å². The van der Waals surface area contributed by atoms with Gasteiger partial charge < -0.3 is 20.4 Å². The normalized spacial score (nSPS) is 14.9. The largest absolute Gasteiger partial charge is 0.407 e. The van der Waals surface area contributed by atoms with E-state index in [2.05, 4.69) is 15.5 Å². The number of likely N-dealkylation sites (N-methyl/N-ethyl adjacent to an activating group) is 1. The summed E-state index contributed by atoms with van der Waals surface area (Å²) in [5.74, 6) is 0.335. The van der Waals surface area contributed by atoms with E-state index in [1.54, 1.807) is 11.9 Å². The van der Waals surface area contributed by atoms with Crippen LogP contribution in [0.4, 0.5) is 6.01 Å². The second-order valence-corrected chi connectivity index (χ2v) is 3.88. The van der Waals surface area contributed by atoms with Gasteiger partial charge in [0.15, 0.2) is 0 Å². The van der Waals surface area contributed by atoms with Crippen LogP contribution in [0.3, 0.4) is 0 Å². The van der Waals surface area contributed by atoms with Gasteiger partial charge in [-0.15, -0.1) is 5.10 Å². The number of carbonyl (C=O) groups is 1. The van der Waals surface area contributed by atoms with E-state index in [4.69, 9.17) is 10.2 Å². The van der Waals surface area contributed by atoms with Gasteiger partial charge in [-0.2, -0.15) is 0 Å². The average Bonchev–Trinajstić information content (AvgIpc) is 2.93. The van der Waals surface area contributed by atoms with E-state index in [0.717, 1.165) is 12.8 Å². The molecule has 0 unspecified atom stereocenters. The Morgan fingerprint density at radius 1 is 1.62 bits per heavy atom. The first-order chi connectivity index (χ1) is 7.69. The molecule has 0 aliphatic heterocycles. The van der Waals surface area contributed by atoms with Gasteiger partial charge in [-0.1, -0.05) is 5.10 Å². The van der Waals surface area contributed by atoms with Crippen molar-refractivity contribution in [1.82, 2.24) is 15.5 Å². The third-order valence-electron chi connectivity index (χ3n) is 2.28. The highest BCUT2D eigenvalue weighted by Crippen LogP contribution is 2.18. The van der Waals surface area contributed by atoms with Crippen LogP contribution >= 0.6 is 0 Å². The topological polar surface area (TPSA) is 97.3 Å². The van der Waals surface area contributed by atoms with Crippen LogP contribution in [0, 0.1) is 0 Å². The zero-order valence-electron chi connectivity index (χ0n) is 9.14. The van der Waals surface area contributed by atoms with E-state index in [1.165, 1.54) is 0 Å². The second-order valence-electron chi connectivity index (χ2n) is 3.88. The van der Waals surface area contributed by atoms with Gasteiger partial charge in [-0.25, -0.2) is 0 Å². The summed E-state index contributed by atoms with van der Waals surface area (Å²) < 4.78 is 5.21. The molecule has 7 nitrogen and oxygen atoms in total. The number of carbonyl (C=O) groups excluding carboxylic acids is 1. The third-order valence-corrected chi connectivity index (χ3v) is 2.28. The molecule has 0 atom stereocenters. The van der Waals surface area contributed by atoms with Crippen molar-refractivity contribution in [3.8, 4) is 0 Å². The summed E-state index contributed by atoms with van der Waals surface area (Å²) >= 11 is 0. The molecule has 1 aliphatic carbocycles. The molecule has 7 heteroatoms. The Kier molecular flexibility index (Phi) is 3.04. The number of hydrogen-bond donors (Lipinski definition) is 2. The average molecular weight is 225 g/mol. The highest BCUT2D eigenvalue weighted by molar-refractivity contribution is 5.81. The van der Waals surface area contributed by atoms with E-state index in [9.17, 15) is 4.79 Å². The predicted octanol–water partition coefficient (Wildman–Crippen LogP) is -0.757. The Morgan fingerprint density at radius 3 is 2.94 bits per heavy atom. The summed E-state index contributed by atoms with van der Waals surface area (Å²) in [6.07, 6.45) is 2.15. The van der Waals surface area contributed by atoms with Crippen molar-refractivity contribution >= 4 is 11.9 Å². The molecule has 1 aromatic heterocycles. The maximum atomic E-state index is 11.5. The summed E-state index contributed by atoms with van der Waals surface area (Å²) in [5, 5.41) is 10.4. The summed E-state index contributed by atoms with van der Waals surface area (Å²) in [4.78, 5) is 13.1. The molecule has 0 spiro atoms. The van der Waals surface area contributed by atoms with Crippen LogP contribution in [0.25, 0.3) is 0 Å². The van der Waals surface area contributed by atoms with Crippen molar-refractivity contribution in [2.75, 3.05) is 18.5 Å². The van der Waals surface area contributed by atoms with Crippen molar-refractivity contribution in [2.45, 2.75) is 25.4 Å². The summed E-state index contributed by atoms with van der Waals surface area (Å²) in [6.45, 7) is 0.414. The quantitative estimate of drug-likeness (QED) is 0.684. The van der Waals surface area contributed by atoms with Crippen LogP contribution in [-0.4, -0.2) is 35.7 Å². The third kappa shape index (κ3) is 2.69. The highest BCUT2D eigenvalue weighted by Gasteiger charge is 2.24. The highest BCUT2D eigenvalue weighted by atomic mass is 16.4. The molecule has 2 rings (SSSR count). The van der Waals surface area contributed by atoms with Crippen LogP contribution in [-0.2, 0) is 11.3 Å². The number of anilines is 1. The molecule has 0 aromatic carbocycles. The first kappa shape index (κ1) is 10.9. The molecule has 1 fully saturated rings. The van der Waals surface area contributed by atoms with Crippen LogP contribution in [0.5, 0.6) is 0 Å². The molecule has 16 heavy (non-hydrogen) atoms. The van der Waals surface area contributed by atoms with Gasteiger partial charge in [-0.3, -0.25) is 4.79 Å². The molecular weight excluding hydrogens is 210 g/mol. The molecule has 1 aliphatic rings. The maximum Gasteiger partial charge on any atom is 0.318 e. The molecule has 1 heterocycles. The van der Waals surface area contributed by atoms with Crippen molar-refractivity contribution in [1.29, 1.82) is 0 Å². The molecule has 3 N–H and O–H groups in total. The van der Waals surface area contributed by atoms with E-state index in [-0.39, 0.29) is 19.0 Å². The van der Waals surface area contributed by atoms with Crippen molar-refractivity contribution in [3.63, 3.8) is 0 Å². The van der Waals surface area contributed by atoms with Crippen molar-refractivity contribution in [3.05, 3.63) is 5.89 Å². The van der Waals surface area contributed by atoms with Gasteiger partial charge in [0.25, 0.3) is 0 Å². The molecular formula is C9H15N5O2. The second kappa shape index (κ2) is 4.48. The van der Waals surface area contributed by atoms with Crippen LogP contribution in [0.15, 0.2) is 4.42 Å². The van der Waals surface area contributed by atoms with Gasteiger partial charge in [-0.05, 0) is 12.8 Å². The van der Waals surface area contributed by atoms with Crippen LogP contribution in [0.1, 0.15) is 18.7 Å². The minimum atomic E-state index is -0.0301. The Balaban J connectivity index is 1.85. The number of amides is 1. The van der Waals surface area contributed by atoms with Gasteiger partial charge >= 0.3 is 6.01 Å². The molecule has 0 bridgehead atoms. The SMILES string of the molecule is CN(CC(=O)NC1CC1)c1nnc(CN)o1. The number of nitrogens with zero attached hydrogens (tertiary/aromatic N) is 3. The number of nitrogens with one attached hydrogen (secondary N) is 1. The first-order valence-corrected chi connectivity index (χ1v) is 5.22. The molecule has 88 valence electrons. The lowest BCUT2D eigenvalue weighted by atomic mass is 10.5. The number of rotatable bonds is 5. The standard InChI is InChI=1S/C9H15N5O2/c1-14(5-7(15)11-6-2-3-6)9-13-12-8(4-10)16-9/h6H,2-5,10H2,1H3,(H,11,15). The number of nitrogens with two attached hydrogens (primary N) is 1. The van der Waals surface area contributed by atoms with E-state index in [0.29, 0.717) is 17.9 Å². The van der Waals surface area contributed by atoms with Gasteiger partial charge in [0.1, 0.15) is 6.54 Å². The summed E-state index contributed by atoms with van der Waals surface area (Å²) in [5.41, 5.74) is 5.34. The molecule has 1 saturated carbocycles. The Morgan fingerprint density at radius 2 is 2.38 bits per heavy atom. The predicted molar refractivity (Wildman–Crippen MR) is 56.6 cm³/mol. The van der Waals surface area contributed by atoms with Crippen molar-refractivity contribution < 1.29 is 9.21 Å². The van der Waals surface area contributed by atoms with E-state index >= 15 is 0 Å². The van der Waals surface area contributed by atoms with Crippen LogP contribution < -0.4 is 16.0 Å². The molecule has 1 aromatic rings. The smallest absolute Gasteiger partial charge is 0.318 e. The first-order valence-electron chi connectivity index (χ1n) is 5.22. The fraction of sp³-hybridized carbons (Fsp3) is 0.667. The monoisotopic (exact) mass is 225 g/mol. The summed E-state index contributed by atoms with van der Waals surface area (Å²) in [7, 11) is 1.72. The molecule has 0 saturated heterocycles. The zero-order valence-corrected chi connectivity index (χ0v) is 9.14.